The summed E-state index contributed by atoms with van der Waals surface area (Å²) in [4.78, 5) is 17.4. The quantitative estimate of drug-likeness (QED) is 0.600. The molecule has 4 rings (SSSR count). The molecule has 1 saturated heterocycles. The maximum atomic E-state index is 12.6. The fourth-order valence-corrected chi connectivity index (χ4v) is 3.90. The largest absolute Gasteiger partial charge is 0.368 e. The second kappa shape index (κ2) is 7.71. The van der Waals surface area contributed by atoms with Crippen molar-refractivity contribution < 1.29 is 0 Å². The number of halogens is 1. The number of piperazine rings is 1. The molecule has 1 aliphatic rings. The minimum atomic E-state index is -0.337. The third-order valence-electron chi connectivity index (χ3n) is 5.27. The highest BCUT2D eigenvalue weighted by Crippen LogP contribution is 2.23. The third kappa shape index (κ3) is 4.10. The second-order valence-electron chi connectivity index (χ2n) is 8.33. The van der Waals surface area contributed by atoms with E-state index in [1.165, 1.54) is 16.1 Å². The standard InChI is InChI=1S/C22H26BrN5O/c1-22(2,3)28-21(29)27(16-24-28)20-10-8-19(9-11-20)26-14-12-25(13-15-26)18-6-4-17(23)5-7-18/h4-11,16H,12-15H2,1-3H3. The lowest BCUT2D eigenvalue weighted by Crippen LogP contribution is -2.46. The lowest BCUT2D eigenvalue weighted by atomic mass is 10.1. The molecule has 0 unspecified atom stereocenters. The SMILES string of the molecule is CC(C)(C)n1ncn(-c2ccc(N3CCN(c4ccc(Br)cc4)CC3)cc2)c1=O. The van der Waals surface area contributed by atoms with Gasteiger partial charge in [-0.1, -0.05) is 15.9 Å². The maximum absolute atomic E-state index is 12.6. The molecule has 0 bridgehead atoms. The van der Waals surface area contributed by atoms with Crippen LogP contribution < -0.4 is 15.5 Å². The van der Waals surface area contributed by atoms with Crippen LogP contribution in [0.2, 0.25) is 0 Å². The summed E-state index contributed by atoms with van der Waals surface area (Å²) in [5.41, 5.74) is 2.83. The molecule has 0 amide bonds. The van der Waals surface area contributed by atoms with Crippen molar-refractivity contribution in [2.45, 2.75) is 26.3 Å². The van der Waals surface area contributed by atoms with E-state index in [1.54, 1.807) is 10.9 Å². The maximum Gasteiger partial charge on any atom is 0.350 e. The fraction of sp³-hybridized carbons (Fsp3) is 0.364. The Balaban J connectivity index is 1.45. The van der Waals surface area contributed by atoms with Crippen molar-refractivity contribution in [1.82, 2.24) is 14.3 Å². The van der Waals surface area contributed by atoms with Crippen LogP contribution in [0.4, 0.5) is 11.4 Å². The number of nitrogens with zero attached hydrogens (tertiary/aromatic N) is 5. The Kier molecular flexibility index (Phi) is 5.25. The smallest absolute Gasteiger partial charge is 0.350 e. The van der Waals surface area contributed by atoms with E-state index in [0.717, 1.165) is 36.3 Å². The van der Waals surface area contributed by atoms with Crippen LogP contribution in [0.25, 0.3) is 5.69 Å². The van der Waals surface area contributed by atoms with Crippen molar-refractivity contribution in [3.63, 3.8) is 0 Å². The zero-order valence-corrected chi connectivity index (χ0v) is 18.6. The second-order valence-corrected chi connectivity index (χ2v) is 9.25. The van der Waals surface area contributed by atoms with Gasteiger partial charge in [-0.15, -0.1) is 0 Å². The van der Waals surface area contributed by atoms with Crippen LogP contribution in [0.5, 0.6) is 0 Å². The Morgan fingerprint density at radius 3 is 1.69 bits per heavy atom. The summed E-state index contributed by atoms with van der Waals surface area (Å²) in [5, 5.41) is 4.27. The Bertz CT molecular complexity index is 1020. The van der Waals surface area contributed by atoms with Crippen molar-refractivity contribution in [2.75, 3.05) is 36.0 Å². The number of aromatic nitrogens is 3. The minimum Gasteiger partial charge on any atom is -0.368 e. The van der Waals surface area contributed by atoms with Crippen molar-refractivity contribution in [1.29, 1.82) is 0 Å². The summed E-state index contributed by atoms with van der Waals surface area (Å²) in [5.74, 6) is 0. The van der Waals surface area contributed by atoms with E-state index in [2.05, 4.69) is 67.2 Å². The Labute approximate surface area is 179 Å². The highest BCUT2D eigenvalue weighted by molar-refractivity contribution is 9.10. The van der Waals surface area contributed by atoms with Crippen LogP contribution in [0.3, 0.4) is 0 Å². The highest BCUT2D eigenvalue weighted by atomic mass is 79.9. The summed E-state index contributed by atoms with van der Waals surface area (Å²) < 4.78 is 4.22. The van der Waals surface area contributed by atoms with Crippen LogP contribution >= 0.6 is 15.9 Å². The van der Waals surface area contributed by atoms with Crippen molar-refractivity contribution in [2.24, 2.45) is 0 Å². The molecule has 1 aliphatic heterocycles. The molecule has 6 nitrogen and oxygen atoms in total. The van der Waals surface area contributed by atoms with E-state index in [1.807, 2.05) is 32.9 Å². The van der Waals surface area contributed by atoms with Gasteiger partial charge in [-0.05, 0) is 69.3 Å². The number of rotatable bonds is 3. The molecule has 0 N–H and O–H groups in total. The van der Waals surface area contributed by atoms with E-state index in [9.17, 15) is 4.79 Å². The molecular formula is C22H26BrN5O. The molecule has 1 fully saturated rings. The summed E-state index contributed by atoms with van der Waals surface area (Å²) in [7, 11) is 0. The van der Waals surface area contributed by atoms with Gasteiger partial charge in [-0.3, -0.25) is 0 Å². The topological polar surface area (TPSA) is 46.3 Å². The average Bonchev–Trinajstić information content (AvgIpc) is 3.11. The van der Waals surface area contributed by atoms with Gasteiger partial charge in [-0.25, -0.2) is 14.0 Å². The lowest BCUT2D eigenvalue weighted by molar-refractivity contribution is 0.342. The first kappa shape index (κ1) is 19.8. The summed E-state index contributed by atoms with van der Waals surface area (Å²) in [6.45, 7) is 9.84. The normalized spacial score (nSPS) is 15.0. The number of benzene rings is 2. The van der Waals surface area contributed by atoms with Crippen LogP contribution in [0.15, 0.2) is 64.1 Å². The predicted octanol–water partition coefficient (Wildman–Crippen LogP) is 3.88. The molecule has 1 aromatic heterocycles. The summed E-state index contributed by atoms with van der Waals surface area (Å²) in [6.07, 6.45) is 1.60. The van der Waals surface area contributed by atoms with Gasteiger partial charge in [0.1, 0.15) is 6.33 Å². The molecule has 0 spiro atoms. The van der Waals surface area contributed by atoms with Gasteiger partial charge < -0.3 is 9.80 Å². The Morgan fingerprint density at radius 1 is 0.793 bits per heavy atom. The zero-order chi connectivity index (χ0) is 20.6. The van der Waals surface area contributed by atoms with Gasteiger partial charge in [0.15, 0.2) is 0 Å². The van der Waals surface area contributed by atoms with Gasteiger partial charge in [0.25, 0.3) is 0 Å². The Morgan fingerprint density at radius 2 is 1.24 bits per heavy atom. The molecule has 152 valence electrons. The monoisotopic (exact) mass is 455 g/mol. The van der Waals surface area contributed by atoms with Crippen LogP contribution in [0.1, 0.15) is 20.8 Å². The minimum absolute atomic E-state index is 0.117. The van der Waals surface area contributed by atoms with Gasteiger partial charge in [0, 0.05) is 42.0 Å². The van der Waals surface area contributed by atoms with Crippen molar-refractivity contribution >= 4 is 27.3 Å². The van der Waals surface area contributed by atoms with Crippen molar-refractivity contribution in [3.8, 4) is 5.69 Å². The van der Waals surface area contributed by atoms with E-state index < -0.39 is 0 Å². The predicted molar refractivity (Wildman–Crippen MR) is 121 cm³/mol. The van der Waals surface area contributed by atoms with E-state index >= 15 is 0 Å². The lowest BCUT2D eigenvalue weighted by Gasteiger charge is -2.37. The zero-order valence-electron chi connectivity index (χ0n) is 17.0. The van der Waals surface area contributed by atoms with E-state index in [-0.39, 0.29) is 11.2 Å². The number of anilines is 2. The first-order chi connectivity index (χ1) is 13.8. The van der Waals surface area contributed by atoms with Crippen LogP contribution in [0, 0.1) is 0 Å². The molecule has 0 radical (unpaired) electrons. The average molecular weight is 456 g/mol. The number of hydrogen-bond acceptors (Lipinski definition) is 4. The van der Waals surface area contributed by atoms with E-state index in [0.29, 0.717) is 0 Å². The molecular weight excluding hydrogens is 430 g/mol. The molecule has 0 aliphatic carbocycles. The first-order valence-corrected chi connectivity index (χ1v) is 10.7. The fourth-order valence-electron chi connectivity index (χ4n) is 3.64. The third-order valence-corrected chi connectivity index (χ3v) is 5.80. The highest BCUT2D eigenvalue weighted by Gasteiger charge is 2.20. The van der Waals surface area contributed by atoms with Crippen molar-refractivity contribution in [3.05, 3.63) is 69.8 Å². The van der Waals surface area contributed by atoms with Gasteiger partial charge in [0.05, 0.1) is 11.2 Å². The van der Waals surface area contributed by atoms with Crippen LogP contribution in [-0.2, 0) is 5.54 Å². The Hall–Kier alpha value is -2.54. The van der Waals surface area contributed by atoms with Crippen LogP contribution in [-0.4, -0.2) is 40.5 Å². The van der Waals surface area contributed by atoms with Gasteiger partial charge in [0.2, 0.25) is 0 Å². The molecule has 2 aromatic carbocycles. The summed E-state index contributed by atoms with van der Waals surface area (Å²) >= 11 is 3.49. The number of hydrogen-bond donors (Lipinski definition) is 0. The molecule has 3 aromatic rings. The first-order valence-electron chi connectivity index (χ1n) is 9.86. The molecule has 29 heavy (non-hydrogen) atoms. The molecule has 2 heterocycles. The molecule has 7 heteroatoms. The summed E-state index contributed by atoms with van der Waals surface area (Å²) in [6, 6.07) is 16.7. The van der Waals surface area contributed by atoms with Gasteiger partial charge >= 0.3 is 5.69 Å². The van der Waals surface area contributed by atoms with E-state index in [4.69, 9.17) is 0 Å². The molecule has 0 saturated carbocycles. The van der Waals surface area contributed by atoms with Gasteiger partial charge in [-0.2, -0.15) is 5.10 Å². The molecule has 0 atom stereocenters.